The first-order valence-corrected chi connectivity index (χ1v) is 19.2. The molecule has 298 valence electrons. The van der Waals surface area contributed by atoms with Crippen molar-refractivity contribution in [3.63, 3.8) is 0 Å². The molecule has 13 heteroatoms. The molecule has 2 unspecified atom stereocenters. The van der Waals surface area contributed by atoms with Crippen molar-refractivity contribution in [3.05, 3.63) is 0 Å². The van der Waals surface area contributed by atoms with Crippen molar-refractivity contribution in [1.82, 2.24) is 14.7 Å². The van der Waals surface area contributed by atoms with E-state index in [2.05, 4.69) is 18.7 Å². The zero-order chi connectivity index (χ0) is 39.1. The van der Waals surface area contributed by atoms with Gasteiger partial charge in [-0.3, -0.25) is 24.2 Å². The van der Waals surface area contributed by atoms with Crippen LogP contribution in [0.25, 0.3) is 0 Å². The van der Waals surface area contributed by atoms with Crippen molar-refractivity contribution in [2.24, 2.45) is 0 Å². The maximum absolute atomic E-state index is 11.9. The Labute approximate surface area is 307 Å². The normalized spacial score (nSPS) is 11.9. The third kappa shape index (κ3) is 39.7. The molecule has 0 aromatic heterocycles. The number of carbonyl (C=O) groups is 3. The van der Waals surface area contributed by atoms with Crippen LogP contribution in [0.4, 0.5) is 0 Å². The largest absolute Gasteiger partial charge is 0.480 e. The van der Waals surface area contributed by atoms with Crippen LogP contribution in [-0.4, -0.2) is 119 Å². The van der Waals surface area contributed by atoms with Gasteiger partial charge in [0.05, 0.1) is 19.6 Å². The van der Waals surface area contributed by atoms with Gasteiger partial charge in [-0.25, -0.2) is 0 Å². The molecular formula is C38H71N3O10. The molecule has 2 atom stereocenters. The molecule has 0 amide bonds. The lowest BCUT2D eigenvalue weighted by atomic mass is 10.0. The van der Waals surface area contributed by atoms with Crippen molar-refractivity contribution in [2.75, 3.05) is 46.8 Å². The minimum atomic E-state index is -1.07. The van der Waals surface area contributed by atoms with E-state index in [4.69, 9.17) is 19.2 Å². The lowest BCUT2D eigenvalue weighted by Gasteiger charge is -2.36. The van der Waals surface area contributed by atoms with Gasteiger partial charge in [-0.05, 0) is 26.9 Å². The number of unbranched alkanes of at least 4 members (excludes halogenated alkanes) is 18. The molecule has 0 saturated heterocycles. The predicted octanol–water partition coefficient (Wildman–Crippen LogP) is 6.60. The quantitative estimate of drug-likeness (QED) is 0.0602. The molecule has 0 aromatic rings. The van der Waals surface area contributed by atoms with Crippen LogP contribution in [0.2, 0.25) is 0 Å². The van der Waals surface area contributed by atoms with Gasteiger partial charge in [-0.15, -0.1) is 0 Å². The first-order chi connectivity index (χ1) is 24.4. The molecule has 0 aliphatic rings. The first-order valence-electron chi connectivity index (χ1n) is 19.2. The molecule has 0 saturated carbocycles. The smallest absolute Gasteiger partial charge is 0.373 e. The number of carboxylic acids is 3. The van der Waals surface area contributed by atoms with Crippen LogP contribution in [0, 0.1) is 0 Å². The molecule has 0 aliphatic carbocycles. The molecule has 0 spiro atoms. The second kappa shape index (κ2) is 39.8. The third-order valence-corrected chi connectivity index (χ3v) is 9.00. The molecule has 0 aliphatic heterocycles. The summed E-state index contributed by atoms with van der Waals surface area (Å²) in [6, 6.07) is -0.172. The van der Waals surface area contributed by atoms with E-state index in [9.17, 15) is 29.7 Å². The maximum Gasteiger partial charge on any atom is 0.373 e. The van der Waals surface area contributed by atoms with Crippen molar-refractivity contribution in [3.8, 4) is 0 Å². The molecule has 0 aromatic carbocycles. The van der Waals surface area contributed by atoms with Crippen LogP contribution >= 0.6 is 0 Å². The summed E-state index contributed by atoms with van der Waals surface area (Å²) in [4.78, 5) is 73.4. The molecule has 0 rings (SSSR count). The molecule has 3 N–H and O–H groups in total. The average molecular weight is 730 g/mol. The summed E-state index contributed by atoms with van der Waals surface area (Å²) in [5.41, 5.74) is 0. The lowest BCUT2D eigenvalue weighted by molar-refractivity contribution is -0.193. The monoisotopic (exact) mass is 730 g/mol. The van der Waals surface area contributed by atoms with E-state index in [1.54, 1.807) is 0 Å². The molecule has 0 radical (unpaired) electrons. The van der Waals surface area contributed by atoms with Gasteiger partial charge < -0.3 is 20.2 Å². The molecule has 0 heterocycles. The number of nitrogens with zero attached hydrogens (tertiary/aromatic N) is 3. The number of aliphatic carboxylic acids is 3. The Bertz CT molecular complexity index is 878. The topological polar surface area (TPSA) is 190 Å². The summed E-state index contributed by atoms with van der Waals surface area (Å²) in [7, 11) is 4.06. The van der Waals surface area contributed by atoms with Crippen LogP contribution in [0.1, 0.15) is 155 Å². The minimum Gasteiger partial charge on any atom is -0.480 e. The fraction of sp³-hybridized carbons (Fsp3) is 0.868. The van der Waals surface area contributed by atoms with Gasteiger partial charge in [0, 0.05) is 25.2 Å². The Hall–Kier alpha value is -2.95. The van der Waals surface area contributed by atoms with Gasteiger partial charge in [-0.1, -0.05) is 142 Å². The summed E-state index contributed by atoms with van der Waals surface area (Å²) < 4.78 is 0. The van der Waals surface area contributed by atoms with Crippen LogP contribution in [0.15, 0.2) is 0 Å². The maximum atomic E-state index is 11.9. The van der Waals surface area contributed by atoms with E-state index in [0.29, 0.717) is 19.5 Å². The van der Waals surface area contributed by atoms with Gasteiger partial charge in [0.15, 0.2) is 0 Å². The van der Waals surface area contributed by atoms with E-state index in [-0.39, 0.29) is 44.0 Å². The fourth-order valence-electron chi connectivity index (χ4n) is 6.29. The minimum absolute atomic E-state index is 0.148. The molecule has 51 heavy (non-hydrogen) atoms. The number of likely N-dealkylation sites (N-methyl/N-ethyl adjacent to an activating group) is 1. The number of hydrogen-bond donors (Lipinski definition) is 3. The number of rotatable bonds is 34. The SMILES string of the molecule is CCCCCCCCCCCCC(CN(CC(=O)O)CC(CCCCCCCCCCCC)N(CC(=O)O)CC(=O)O)N(C)C.O=C=O.O=C=O. The van der Waals surface area contributed by atoms with Crippen molar-refractivity contribution >= 4 is 30.2 Å². The summed E-state index contributed by atoms with van der Waals surface area (Å²) in [5, 5.41) is 28.9. The van der Waals surface area contributed by atoms with Gasteiger partial charge in [-0.2, -0.15) is 19.2 Å². The summed E-state index contributed by atoms with van der Waals surface area (Å²) in [6.07, 6.45) is 26.6. The van der Waals surface area contributed by atoms with E-state index in [1.165, 1.54) is 108 Å². The van der Waals surface area contributed by atoms with Crippen LogP contribution < -0.4 is 0 Å². The van der Waals surface area contributed by atoms with Crippen LogP contribution in [0.3, 0.4) is 0 Å². The summed E-state index contributed by atoms with van der Waals surface area (Å²) in [5.74, 6) is -3.06. The van der Waals surface area contributed by atoms with Crippen LogP contribution in [0.5, 0.6) is 0 Å². The van der Waals surface area contributed by atoms with Crippen LogP contribution in [-0.2, 0) is 33.6 Å². The van der Waals surface area contributed by atoms with E-state index < -0.39 is 17.9 Å². The number of carbonyl (C=O) groups excluding carboxylic acids is 4. The zero-order valence-electron chi connectivity index (χ0n) is 32.3. The highest BCUT2D eigenvalue weighted by atomic mass is 16.4. The van der Waals surface area contributed by atoms with Gasteiger partial charge in [0.2, 0.25) is 0 Å². The average Bonchev–Trinajstić information content (AvgIpc) is 3.05. The first kappa shape index (κ1) is 52.4. The molecule has 0 fully saturated rings. The molecule has 0 bridgehead atoms. The van der Waals surface area contributed by atoms with E-state index in [1.807, 2.05) is 19.0 Å². The molecule has 13 nitrogen and oxygen atoms in total. The standard InChI is InChI=1S/C36H71N3O6.2CO2/c1-5-7-9-11-13-15-17-19-21-23-25-32(37(3)4)27-38(29-34(40)41)28-33(39(30-35(42)43)31-36(44)45)26-24-22-20-18-16-14-12-10-8-6-2;2*2-1-3/h32-33H,5-31H2,1-4H3,(H,40,41)(H,42,43)(H,44,45);;. The Balaban J connectivity index is -0.00000356. The van der Waals surface area contributed by atoms with E-state index in [0.717, 1.165) is 32.1 Å². The summed E-state index contributed by atoms with van der Waals surface area (Å²) >= 11 is 0. The van der Waals surface area contributed by atoms with Gasteiger partial charge in [0.25, 0.3) is 0 Å². The third-order valence-electron chi connectivity index (χ3n) is 9.00. The van der Waals surface area contributed by atoms with Crippen molar-refractivity contribution < 1.29 is 48.9 Å². The second-order valence-electron chi connectivity index (χ2n) is 13.7. The Morgan fingerprint density at radius 1 is 0.471 bits per heavy atom. The highest BCUT2D eigenvalue weighted by Crippen LogP contribution is 2.18. The molecular weight excluding hydrogens is 658 g/mol. The fourth-order valence-corrected chi connectivity index (χ4v) is 6.29. The second-order valence-corrected chi connectivity index (χ2v) is 13.7. The van der Waals surface area contributed by atoms with Crippen molar-refractivity contribution in [2.45, 2.75) is 167 Å². The zero-order valence-corrected chi connectivity index (χ0v) is 32.3. The van der Waals surface area contributed by atoms with Gasteiger partial charge in [0.1, 0.15) is 0 Å². The Morgan fingerprint density at radius 2 is 0.745 bits per heavy atom. The Kier molecular flexibility index (Phi) is 40.9. The van der Waals surface area contributed by atoms with Crippen molar-refractivity contribution in [1.29, 1.82) is 0 Å². The number of hydrogen-bond acceptors (Lipinski definition) is 10. The predicted molar refractivity (Wildman–Crippen MR) is 195 cm³/mol. The van der Waals surface area contributed by atoms with Gasteiger partial charge >= 0.3 is 30.2 Å². The Morgan fingerprint density at radius 3 is 1.04 bits per heavy atom. The highest BCUT2D eigenvalue weighted by Gasteiger charge is 2.27. The van der Waals surface area contributed by atoms with E-state index >= 15 is 0 Å². The summed E-state index contributed by atoms with van der Waals surface area (Å²) in [6.45, 7) is 4.48. The number of carboxylic acid groups (broad SMARTS) is 3. The lowest BCUT2D eigenvalue weighted by Crippen LogP contribution is -2.51. The highest BCUT2D eigenvalue weighted by molar-refractivity contribution is 5.72.